The van der Waals surface area contributed by atoms with Crippen LogP contribution in [-0.4, -0.2) is 12.2 Å². The topological polar surface area (TPSA) is 60.2 Å². The lowest BCUT2D eigenvalue weighted by Crippen LogP contribution is -2.35. The van der Waals surface area contributed by atoms with E-state index < -0.39 is 11.3 Å². The number of amides is 1. The van der Waals surface area contributed by atoms with Gasteiger partial charge in [-0.3, -0.25) is 9.59 Å². The number of hydrogen-bond donors (Lipinski definition) is 1. The molecule has 3 heteroatoms. The van der Waals surface area contributed by atoms with E-state index in [0.29, 0.717) is 6.42 Å². The molecule has 0 spiro atoms. The summed E-state index contributed by atoms with van der Waals surface area (Å²) in [6, 6.07) is 0. The molecular weight excluding hydrogens is 142 g/mol. The Hall–Kier alpha value is -0.860. The van der Waals surface area contributed by atoms with Gasteiger partial charge in [0.15, 0.2) is 0 Å². The van der Waals surface area contributed by atoms with Crippen molar-refractivity contribution in [2.24, 2.45) is 11.1 Å². The van der Waals surface area contributed by atoms with Crippen molar-refractivity contribution in [3.05, 3.63) is 0 Å². The summed E-state index contributed by atoms with van der Waals surface area (Å²) in [7, 11) is 0. The minimum atomic E-state index is -1.07. The quantitative estimate of drug-likeness (QED) is 0.598. The molecule has 0 fully saturated rings. The van der Waals surface area contributed by atoms with Gasteiger partial charge in [-0.15, -0.1) is 0 Å². The van der Waals surface area contributed by atoms with Gasteiger partial charge in [-0.1, -0.05) is 19.8 Å². The number of unbranched alkanes of at least 4 members (excludes halogenated alkanes) is 1. The Morgan fingerprint density at radius 3 is 2.45 bits per heavy atom. The van der Waals surface area contributed by atoms with Gasteiger partial charge in [-0.25, -0.2) is 0 Å². The van der Waals surface area contributed by atoms with Crippen molar-refractivity contribution in [3.8, 4) is 0 Å². The average molecular weight is 156 g/mol. The van der Waals surface area contributed by atoms with E-state index in [-0.39, 0.29) is 0 Å². The summed E-state index contributed by atoms with van der Waals surface area (Å²) < 4.78 is 0. The summed E-state index contributed by atoms with van der Waals surface area (Å²) in [5.74, 6) is -0.582. The highest BCUT2D eigenvalue weighted by molar-refractivity contribution is 5.95. The molecule has 0 aromatic rings. The SMILES string of the molecule is CCCCC(C)([C]=O)C(N)=O. The van der Waals surface area contributed by atoms with Crippen LogP contribution in [0.4, 0.5) is 0 Å². The van der Waals surface area contributed by atoms with Crippen LogP contribution in [0.1, 0.15) is 33.1 Å². The first kappa shape index (κ1) is 10.1. The lowest BCUT2D eigenvalue weighted by atomic mass is 9.86. The predicted octanol–water partition coefficient (Wildman–Crippen LogP) is 0.778. The van der Waals surface area contributed by atoms with Crippen LogP contribution in [-0.2, 0) is 9.59 Å². The van der Waals surface area contributed by atoms with Crippen molar-refractivity contribution in [1.29, 1.82) is 0 Å². The molecule has 0 bridgehead atoms. The molecule has 1 amide bonds. The summed E-state index contributed by atoms with van der Waals surface area (Å²) in [6.07, 6.45) is 3.97. The molecule has 2 N–H and O–H groups in total. The second-order valence-electron chi connectivity index (χ2n) is 2.90. The number of carbonyl (C=O) groups excluding carboxylic acids is 2. The van der Waals surface area contributed by atoms with Crippen molar-refractivity contribution in [2.45, 2.75) is 33.1 Å². The molecule has 0 saturated carbocycles. The van der Waals surface area contributed by atoms with Gasteiger partial charge in [0.25, 0.3) is 0 Å². The minimum Gasteiger partial charge on any atom is -0.369 e. The lowest BCUT2D eigenvalue weighted by molar-refractivity contribution is -0.123. The first-order valence-corrected chi connectivity index (χ1v) is 3.76. The summed E-state index contributed by atoms with van der Waals surface area (Å²) in [4.78, 5) is 21.1. The largest absolute Gasteiger partial charge is 0.369 e. The van der Waals surface area contributed by atoms with Gasteiger partial charge in [-0.2, -0.15) is 0 Å². The summed E-state index contributed by atoms with van der Waals surface area (Å²) in [5.41, 5.74) is 3.95. The zero-order valence-electron chi connectivity index (χ0n) is 7.02. The van der Waals surface area contributed by atoms with E-state index in [1.165, 1.54) is 6.92 Å². The van der Waals surface area contributed by atoms with Crippen molar-refractivity contribution in [1.82, 2.24) is 0 Å². The number of hydrogen-bond acceptors (Lipinski definition) is 2. The Kier molecular flexibility index (Phi) is 3.79. The maximum absolute atomic E-state index is 10.7. The maximum Gasteiger partial charge on any atom is 0.231 e. The lowest BCUT2D eigenvalue weighted by Gasteiger charge is -2.16. The Bertz CT molecular complexity index is 156. The highest BCUT2D eigenvalue weighted by Gasteiger charge is 2.30. The maximum atomic E-state index is 10.7. The van der Waals surface area contributed by atoms with Crippen LogP contribution in [0.15, 0.2) is 0 Å². The highest BCUT2D eigenvalue weighted by atomic mass is 16.2. The van der Waals surface area contributed by atoms with Gasteiger partial charge in [0.1, 0.15) is 5.41 Å². The predicted molar refractivity (Wildman–Crippen MR) is 42.5 cm³/mol. The molecule has 1 unspecified atom stereocenters. The van der Waals surface area contributed by atoms with Gasteiger partial charge in [-0.05, 0) is 13.3 Å². The second kappa shape index (κ2) is 4.11. The zero-order chi connectivity index (χ0) is 8.91. The summed E-state index contributed by atoms with van der Waals surface area (Å²) in [6.45, 7) is 3.52. The molecule has 63 valence electrons. The highest BCUT2D eigenvalue weighted by Crippen LogP contribution is 2.20. The average Bonchev–Trinajstić information content (AvgIpc) is 2.00. The van der Waals surface area contributed by atoms with E-state index in [0.717, 1.165) is 12.8 Å². The molecular formula is C8H14NO2. The van der Waals surface area contributed by atoms with Crippen LogP contribution in [0.2, 0.25) is 0 Å². The van der Waals surface area contributed by atoms with Crippen LogP contribution in [0, 0.1) is 5.41 Å². The van der Waals surface area contributed by atoms with E-state index in [1.807, 2.05) is 6.92 Å². The molecule has 0 aliphatic carbocycles. The Morgan fingerprint density at radius 1 is 1.64 bits per heavy atom. The number of primary amides is 1. The molecule has 1 radical (unpaired) electrons. The molecule has 0 saturated heterocycles. The Morgan fingerprint density at radius 2 is 2.18 bits per heavy atom. The van der Waals surface area contributed by atoms with E-state index in [1.54, 1.807) is 6.29 Å². The molecule has 0 heterocycles. The third-order valence-corrected chi connectivity index (χ3v) is 1.80. The van der Waals surface area contributed by atoms with Gasteiger partial charge in [0.05, 0.1) is 0 Å². The third kappa shape index (κ3) is 2.70. The second-order valence-corrected chi connectivity index (χ2v) is 2.90. The third-order valence-electron chi connectivity index (χ3n) is 1.80. The van der Waals surface area contributed by atoms with Crippen molar-refractivity contribution in [3.63, 3.8) is 0 Å². The first-order valence-electron chi connectivity index (χ1n) is 3.76. The number of rotatable bonds is 5. The van der Waals surface area contributed by atoms with Gasteiger partial charge >= 0.3 is 0 Å². The minimum absolute atomic E-state index is 0.502. The van der Waals surface area contributed by atoms with Crippen LogP contribution in [0.25, 0.3) is 0 Å². The van der Waals surface area contributed by atoms with Crippen LogP contribution < -0.4 is 5.73 Å². The van der Waals surface area contributed by atoms with E-state index >= 15 is 0 Å². The monoisotopic (exact) mass is 156 g/mol. The Balaban J connectivity index is 4.10. The summed E-state index contributed by atoms with van der Waals surface area (Å²) >= 11 is 0. The van der Waals surface area contributed by atoms with Crippen molar-refractivity contribution in [2.75, 3.05) is 0 Å². The van der Waals surface area contributed by atoms with Crippen molar-refractivity contribution >= 4 is 12.2 Å². The molecule has 0 aromatic carbocycles. The summed E-state index contributed by atoms with van der Waals surface area (Å²) in [5, 5.41) is 0. The van der Waals surface area contributed by atoms with Gasteiger partial charge in [0.2, 0.25) is 12.2 Å². The fourth-order valence-electron chi connectivity index (χ4n) is 0.755. The Labute approximate surface area is 67.0 Å². The van der Waals surface area contributed by atoms with E-state index in [9.17, 15) is 9.59 Å². The molecule has 3 nitrogen and oxygen atoms in total. The fraction of sp³-hybridized carbons (Fsp3) is 0.750. The molecule has 11 heavy (non-hydrogen) atoms. The standard InChI is InChI=1S/C8H14NO2/c1-3-4-5-8(2,6-10)7(9)11/h3-5H2,1-2H3,(H2,9,11). The van der Waals surface area contributed by atoms with Gasteiger partial charge < -0.3 is 5.73 Å². The number of nitrogens with two attached hydrogens (primary N) is 1. The fourth-order valence-corrected chi connectivity index (χ4v) is 0.755. The molecule has 0 aromatic heterocycles. The van der Waals surface area contributed by atoms with E-state index in [2.05, 4.69) is 0 Å². The normalized spacial score (nSPS) is 15.5. The smallest absolute Gasteiger partial charge is 0.231 e. The molecule has 0 aliphatic heterocycles. The van der Waals surface area contributed by atoms with Crippen LogP contribution in [0.5, 0.6) is 0 Å². The molecule has 0 aliphatic rings. The zero-order valence-corrected chi connectivity index (χ0v) is 7.02. The number of carbonyl (C=O) groups is 1. The van der Waals surface area contributed by atoms with Gasteiger partial charge in [0, 0.05) is 0 Å². The van der Waals surface area contributed by atoms with Crippen molar-refractivity contribution < 1.29 is 9.59 Å². The van der Waals surface area contributed by atoms with Crippen LogP contribution >= 0.6 is 0 Å². The molecule has 1 atom stereocenters. The van der Waals surface area contributed by atoms with Crippen LogP contribution in [0.3, 0.4) is 0 Å². The molecule has 0 rings (SSSR count). The van der Waals surface area contributed by atoms with E-state index in [4.69, 9.17) is 5.73 Å². The first-order chi connectivity index (χ1) is 5.06.